The first kappa shape index (κ1) is 19.9. The van der Waals surface area contributed by atoms with Crippen LogP contribution < -0.4 is 16.0 Å². The summed E-state index contributed by atoms with van der Waals surface area (Å²) in [6.07, 6.45) is 10.5. The lowest BCUT2D eigenvalue weighted by Crippen LogP contribution is -2.43. The van der Waals surface area contributed by atoms with Crippen LogP contribution in [0.15, 0.2) is 0 Å². The van der Waals surface area contributed by atoms with Gasteiger partial charge in [0.15, 0.2) is 0 Å². The molecule has 0 unspecified atom stereocenters. The SMILES string of the molecule is CCCCCCCCNC(=O)NC(=O)CNCCCCC. The number of imide groups is 1. The fourth-order valence-corrected chi connectivity index (χ4v) is 2.02. The first-order valence-corrected chi connectivity index (χ1v) is 8.49. The molecule has 0 atom stereocenters. The lowest BCUT2D eigenvalue weighted by molar-refractivity contribution is -0.119. The first-order chi connectivity index (χ1) is 10.2. The van der Waals surface area contributed by atoms with E-state index < -0.39 is 0 Å². The van der Waals surface area contributed by atoms with E-state index in [1.807, 2.05) is 0 Å². The van der Waals surface area contributed by atoms with Crippen LogP contribution in [-0.4, -0.2) is 31.6 Å². The molecule has 0 aromatic heterocycles. The molecule has 0 fully saturated rings. The highest BCUT2D eigenvalue weighted by atomic mass is 16.2. The van der Waals surface area contributed by atoms with Crippen LogP contribution in [0.1, 0.15) is 71.6 Å². The monoisotopic (exact) mass is 299 g/mol. The predicted octanol–water partition coefficient (Wildman–Crippen LogP) is 2.95. The fraction of sp³-hybridized carbons (Fsp3) is 0.875. The molecule has 0 aliphatic carbocycles. The highest BCUT2D eigenvalue weighted by molar-refractivity contribution is 5.95. The van der Waals surface area contributed by atoms with Crippen LogP contribution in [0.25, 0.3) is 0 Å². The van der Waals surface area contributed by atoms with E-state index in [2.05, 4.69) is 29.8 Å². The minimum absolute atomic E-state index is 0.203. The predicted molar refractivity (Wildman–Crippen MR) is 87.3 cm³/mol. The fourth-order valence-electron chi connectivity index (χ4n) is 2.02. The molecule has 0 aromatic carbocycles. The molecule has 5 nitrogen and oxygen atoms in total. The second-order valence-corrected chi connectivity index (χ2v) is 5.46. The third-order valence-electron chi connectivity index (χ3n) is 3.31. The van der Waals surface area contributed by atoms with E-state index in [-0.39, 0.29) is 18.5 Å². The Morgan fingerprint density at radius 3 is 2.05 bits per heavy atom. The highest BCUT2D eigenvalue weighted by Crippen LogP contribution is 2.03. The number of hydrogen-bond donors (Lipinski definition) is 3. The van der Waals surface area contributed by atoms with Gasteiger partial charge in [-0.05, 0) is 19.4 Å². The van der Waals surface area contributed by atoms with Crippen LogP contribution in [-0.2, 0) is 4.79 Å². The molecule has 124 valence electrons. The quantitative estimate of drug-likeness (QED) is 0.458. The smallest absolute Gasteiger partial charge is 0.321 e. The van der Waals surface area contributed by atoms with Crippen molar-refractivity contribution in [3.05, 3.63) is 0 Å². The van der Waals surface area contributed by atoms with Gasteiger partial charge < -0.3 is 10.6 Å². The molecule has 5 heteroatoms. The Hall–Kier alpha value is -1.10. The van der Waals surface area contributed by atoms with Crippen molar-refractivity contribution in [2.45, 2.75) is 71.6 Å². The van der Waals surface area contributed by atoms with Crippen LogP contribution in [0, 0.1) is 0 Å². The number of carbonyl (C=O) groups excluding carboxylic acids is 2. The largest absolute Gasteiger partial charge is 0.338 e. The number of rotatable bonds is 13. The van der Waals surface area contributed by atoms with Gasteiger partial charge in [-0.3, -0.25) is 10.1 Å². The zero-order valence-electron chi connectivity index (χ0n) is 13.8. The van der Waals surface area contributed by atoms with Crippen molar-refractivity contribution in [1.29, 1.82) is 0 Å². The number of unbranched alkanes of at least 4 members (excludes halogenated alkanes) is 7. The maximum Gasteiger partial charge on any atom is 0.321 e. The first-order valence-electron chi connectivity index (χ1n) is 8.49. The molecule has 0 radical (unpaired) electrons. The van der Waals surface area contributed by atoms with Crippen molar-refractivity contribution >= 4 is 11.9 Å². The summed E-state index contributed by atoms with van der Waals surface area (Å²) in [5, 5.41) is 8.08. The molecule has 0 aliphatic rings. The third kappa shape index (κ3) is 15.1. The summed E-state index contributed by atoms with van der Waals surface area (Å²) in [7, 11) is 0. The molecule has 0 saturated carbocycles. The van der Waals surface area contributed by atoms with Gasteiger partial charge >= 0.3 is 6.03 Å². The van der Waals surface area contributed by atoms with Gasteiger partial charge in [0.25, 0.3) is 0 Å². The standard InChI is InChI=1S/C16H33N3O2/c1-3-5-7-8-9-11-13-18-16(21)19-15(20)14-17-12-10-6-4-2/h17H,3-14H2,1-2H3,(H2,18,19,20,21). The van der Waals surface area contributed by atoms with Gasteiger partial charge in [-0.1, -0.05) is 58.8 Å². The number of nitrogens with one attached hydrogen (secondary N) is 3. The van der Waals surface area contributed by atoms with Gasteiger partial charge in [-0.15, -0.1) is 0 Å². The molecular weight excluding hydrogens is 266 g/mol. The zero-order valence-corrected chi connectivity index (χ0v) is 13.8. The van der Waals surface area contributed by atoms with Crippen LogP contribution in [0.5, 0.6) is 0 Å². The Labute approximate surface area is 129 Å². The summed E-state index contributed by atoms with van der Waals surface area (Å²) in [4.78, 5) is 22.9. The molecule has 0 aromatic rings. The number of carbonyl (C=O) groups is 2. The molecule has 3 N–H and O–H groups in total. The molecule has 0 saturated heterocycles. The van der Waals surface area contributed by atoms with Crippen molar-refractivity contribution in [2.24, 2.45) is 0 Å². The topological polar surface area (TPSA) is 70.2 Å². The van der Waals surface area contributed by atoms with E-state index in [0.717, 1.165) is 38.6 Å². The van der Waals surface area contributed by atoms with Gasteiger partial charge in [-0.25, -0.2) is 4.79 Å². The second kappa shape index (κ2) is 15.3. The maximum atomic E-state index is 11.5. The van der Waals surface area contributed by atoms with Crippen molar-refractivity contribution in [1.82, 2.24) is 16.0 Å². The van der Waals surface area contributed by atoms with E-state index in [1.54, 1.807) is 0 Å². The van der Waals surface area contributed by atoms with E-state index in [4.69, 9.17) is 0 Å². The molecule has 3 amide bonds. The van der Waals surface area contributed by atoms with E-state index in [1.165, 1.54) is 25.7 Å². The van der Waals surface area contributed by atoms with Crippen LogP contribution in [0.3, 0.4) is 0 Å². The van der Waals surface area contributed by atoms with Crippen molar-refractivity contribution < 1.29 is 9.59 Å². The normalized spacial score (nSPS) is 10.4. The maximum absolute atomic E-state index is 11.5. The zero-order chi connectivity index (χ0) is 15.8. The van der Waals surface area contributed by atoms with Gasteiger partial charge in [0.05, 0.1) is 6.54 Å². The number of amides is 3. The van der Waals surface area contributed by atoms with Gasteiger partial charge in [0, 0.05) is 6.54 Å². The van der Waals surface area contributed by atoms with Crippen LogP contribution in [0.2, 0.25) is 0 Å². The average molecular weight is 299 g/mol. The molecule has 0 aliphatic heterocycles. The lowest BCUT2D eigenvalue weighted by atomic mass is 10.1. The van der Waals surface area contributed by atoms with Crippen molar-refractivity contribution in [2.75, 3.05) is 19.6 Å². The molecule has 0 heterocycles. The van der Waals surface area contributed by atoms with Gasteiger partial charge in [0.2, 0.25) is 5.91 Å². The summed E-state index contributed by atoms with van der Waals surface area (Å²) in [5.41, 5.74) is 0. The molecule has 0 rings (SSSR count). The molecule has 0 spiro atoms. The van der Waals surface area contributed by atoms with Crippen LogP contribution >= 0.6 is 0 Å². The van der Waals surface area contributed by atoms with Crippen molar-refractivity contribution in [3.8, 4) is 0 Å². The summed E-state index contributed by atoms with van der Waals surface area (Å²) < 4.78 is 0. The summed E-state index contributed by atoms with van der Waals surface area (Å²) in [5.74, 6) is -0.271. The molecular formula is C16H33N3O2. The van der Waals surface area contributed by atoms with E-state index >= 15 is 0 Å². The molecule has 21 heavy (non-hydrogen) atoms. The Morgan fingerprint density at radius 2 is 1.33 bits per heavy atom. The number of urea groups is 1. The second-order valence-electron chi connectivity index (χ2n) is 5.46. The van der Waals surface area contributed by atoms with Crippen LogP contribution in [0.4, 0.5) is 4.79 Å². The van der Waals surface area contributed by atoms with E-state index in [9.17, 15) is 9.59 Å². The minimum atomic E-state index is -0.385. The molecule has 0 bridgehead atoms. The van der Waals surface area contributed by atoms with E-state index in [0.29, 0.717) is 6.54 Å². The highest BCUT2D eigenvalue weighted by Gasteiger charge is 2.05. The Kier molecular flexibility index (Phi) is 14.5. The van der Waals surface area contributed by atoms with Crippen molar-refractivity contribution in [3.63, 3.8) is 0 Å². The summed E-state index contributed by atoms with van der Waals surface area (Å²) in [6.45, 7) is 5.99. The average Bonchev–Trinajstić information content (AvgIpc) is 2.46. The summed E-state index contributed by atoms with van der Waals surface area (Å²) >= 11 is 0. The Morgan fingerprint density at radius 1 is 0.762 bits per heavy atom. The van der Waals surface area contributed by atoms with Gasteiger partial charge in [-0.2, -0.15) is 0 Å². The third-order valence-corrected chi connectivity index (χ3v) is 3.31. The van der Waals surface area contributed by atoms with Gasteiger partial charge in [0.1, 0.15) is 0 Å². The Bertz CT molecular complexity index is 270. The minimum Gasteiger partial charge on any atom is -0.338 e. The lowest BCUT2D eigenvalue weighted by Gasteiger charge is -2.07. The number of hydrogen-bond acceptors (Lipinski definition) is 3. The summed E-state index contributed by atoms with van der Waals surface area (Å²) in [6, 6.07) is -0.385. The Balaban J connectivity index is 3.37.